The quantitative estimate of drug-likeness (QED) is 0.328. The fraction of sp³-hybridized carbons (Fsp3) is 0.533. The predicted octanol–water partition coefficient (Wildman–Crippen LogP) is 2.81. The number of hydrazine groups is 1. The molecule has 19 heavy (non-hydrogen) atoms. The van der Waals surface area contributed by atoms with Crippen LogP contribution in [0.3, 0.4) is 0 Å². The number of unbranched alkanes of at least 4 members (excludes halogenated alkanes) is 3. The van der Waals surface area contributed by atoms with Gasteiger partial charge in [0.25, 0.3) is 5.91 Å². The van der Waals surface area contributed by atoms with E-state index in [-0.39, 0.29) is 5.91 Å². The number of nitrogen functional groups attached to an aromatic ring is 1. The fourth-order valence-electron chi connectivity index (χ4n) is 2.07. The van der Waals surface area contributed by atoms with Crippen molar-refractivity contribution in [2.45, 2.75) is 46.0 Å². The van der Waals surface area contributed by atoms with Gasteiger partial charge in [0.15, 0.2) is 0 Å². The molecule has 1 amide bonds. The molecule has 3 N–H and O–H groups in total. The van der Waals surface area contributed by atoms with Gasteiger partial charge < -0.3 is 4.74 Å². The molecule has 0 radical (unpaired) electrons. The molecule has 1 aromatic carbocycles. The van der Waals surface area contributed by atoms with E-state index < -0.39 is 0 Å². The third-order valence-electron chi connectivity index (χ3n) is 3.12. The molecule has 4 heteroatoms. The second kappa shape index (κ2) is 8.53. The number of carbonyl (C=O) groups excluding carboxylic acids is 1. The number of rotatable bonds is 8. The van der Waals surface area contributed by atoms with Gasteiger partial charge in [0.05, 0.1) is 6.61 Å². The number of carbonyl (C=O) groups is 1. The Morgan fingerprint density at radius 1 is 1.26 bits per heavy atom. The lowest BCUT2D eigenvalue weighted by molar-refractivity contribution is 0.0952. The molecule has 0 unspecified atom stereocenters. The number of nitrogens with one attached hydrogen (secondary N) is 1. The van der Waals surface area contributed by atoms with Crippen LogP contribution < -0.4 is 16.0 Å². The first-order valence-electron chi connectivity index (χ1n) is 7.00. The summed E-state index contributed by atoms with van der Waals surface area (Å²) >= 11 is 0. The van der Waals surface area contributed by atoms with E-state index in [4.69, 9.17) is 10.6 Å². The molecule has 0 bridgehead atoms. The van der Waals surface area contributed by atoms with Crippen LogP contribution in [-0.2, 0) is 6.42 Å². The lowest BCUT2D eigenvalue weighted by atomic mass is 10.0. The van der Waals surface area contributed by atoms with Gasteiger partial charge in [-0.2, -0.15) is 0 Å². The summed E-state index contributed by atoms with van der Waals surface area (Å²) in [5, 5.41) is 0. The first kappa shape index (κ1) is 15.5. The maximum absolute atomic E-state index is 11.7. The van der Waals surface area contributed by atoms with Crippen LogP contribution in [0.2, 0.25) is 0 Å². The van der Waals surface area contributed by atoms with Gasteiger partial charge in [-0.1, -0.05) is 39.2 Å². The molecule has 0 aliphatic rings. The Labute approximate surface area is 115 Å². The van der Waals surface area contributed by atoms with Crippen LogP contribution in [0, 0.1) is 0 Å². The zero-order chi connectivity index (χ0) is 14.1. The average molecular weight is 264 g/mol. The lowest BCUT2D eigenvalue weighted by Crippen LogP contribution is -2.30. The molecule has 0 saturated heterocycles. The van der Waals surface area contributed by atoms with E-state index in [1.54, 1.807) is 6.07 Å². The van der Waals surface area contributed by atoms with E-state index >= 15 is 0 Å². The van der Waals surface area contributed by atoms with Crippen molar-refractivity contribution in [1.82, 2.24) is 5.43 Å². The molecule has 0 atom stereocenters. The Kier molecular flexibility index (Phi) is 6.97. The number of amides is 1. The molecular weight excluding hydrogens is 240 g/mol. The molecule has 0 aliphatic carbocycles. The van der Waals surface area contributed by atoms with Crippen molar-refractivity contribution >= 4 is 5.91 Å². The van der Waals surface area contributed by atoms with Gasteiger partial charge in [-0.25, -0.2) is 5.84 Å². The lowest BCUT2D eigenvalue weighted by Gasteiger charge is -2.13. The zero-order valence-corrected chi connectivity index (χ0v) is 11.9. The van der Waals surface area contributed by atoms with E-state index in [1.807, 2.05) is 19.1 Å². The predicted molar refractivity (Wildman–Crippen MR) is 77.1 cm³/mol. The Hall–Kier alpha value is -1.55. The highest BCUT2D eigenvalue weighted by Gasteiger charge is 2.13. The van der Waals surface area contributed by atoms with Gasteiger partial charge in [-0.3, -0.25) is 10.2 Å². The molecule has 4 nitrogen and oxygen atoms in total. The molecule has 1 aromatic rings. The summed E-state index contributed by atoms with van der Waals surface area (Å²) < 4.78 is 5.79. The summed E-state index contributed by atoms with van der Waals surface area (Å²) in [7, 11) is 0. The van der Waals surface area contributed by atoms with Gasteiger partial charge in [0, 0.05) is 11.1 Å². The normalized spacial score (nSPS) is 10.3. The highest BCUT2D eigenvalue weighted by atomic mass is 16.5. The first-order chi connectivity index (χ1) is 9.24. The van der Waals surface area contributed by atoms with Crippen molar-refractivity contribution < 1.29 is 9.53 Å². The second-order valence-corrected chi connectivity index (χ2v) is 4.52. The minimum atomic E-state index is -0.270. The first-order valence-corrected chi connectivity index (χ1v) is 7.00. The molecule has 0 heterocycles. The summed E-state index contributed by atoms with van der Waals surface area (Å²) in [5.74, 6) is 5.71. The maximum atomic E-state index is 11.7. The number of ether oxygens (including phenoxy) is 1. The van der Waals surface area contributed by atoms with Crippen LogP contribution in [-0.4, -0.2) is 12.5 Å². The van der Waals surface area contributed by atoms with Crippen LogP contribution in [0.4, 0.5) is 0 Å². The molecule has 0 aliphatic heterocycles. The van der Waals surface area contributed by atoms with Gasteiger partial charge in [-0.15, -0.1) is 0 Å². The van der Waals surface area contributed by atoms with Crippen LogP contribution in [0.5, 0.6) is 5.75 Å². The van der Waals surface area contributed by atoms with Crippen molar-refractivity contribution in [2.24, 2.45) is 5.84 Å². The number of nitrogens with two attached hydrogens (primary N) is 1. The Morgan fingerprint density at radius 3 is 2.68 bits per heavy atom. The van der Waals surface area contributed by atoms with Gasteiger partial charge in [0.2, 0.25) is 0 Å². The van der Waals surface area contributed by atoms with Gasteiger partial charge in [0.1, 0.15) is 5.75 Å². The van der Waals surface area contributed by atoms with Crippen LogP contribution in [0.1, 0.15) is 55.5 Å². The highest BCUT2D eigenvalue weighted by Crippen LogP contribution is 2.23. The molecule has 0 saturated carbocycles. The maximum Gasteiger partial charge on any atom is 0.265 e. The Morgan fingerprint density at radius 2 is 2.05 bits per heavy atom. The largest absolute Gasteiger partial charge is 0.493 e. The minimum absolute atomic E-state index is 0.270. The topological polar surface area (TPSA) is 64.3 Å². The minimum Gasteiger partial charge on any atom is -0.493 e. The summed E-state index contributed by atoms with van der Waals surface area (Å²) in [6, 6.07) is 5.50. The number of hydrogen-bond acceptors (Lipinski definition) is 3. The summed E-state index contributed by atoms with van der Waals surface area (Å²) in [6.45, 7) is 4.89. The second-order valence-electron chi connectivity index (χ2n) is 4.52. The Balaban J connectivity index is 2.69. The van der Waals surface area contributed by atoms with Crippen molar-refractivity contribution in [3.8, 4) is 5.75 Å². The van der Waals surface area contributed by atoms with E-state index in [9.17, 15) is 4.79 Å². The summed E-state index contributed by atoms with van der Waals surface area (Å²) in [5.41, 5.74) is 3.68. The molecule has 1 rings (SSSR count). The smallest absolute Gasteiger partial charge is 0.265 e. The highest BCUT2D eigenvalue weighted by molar-refractivity contribution is 5.95. The monoisotopic (exact) mass is 264 g/mol. The van der Waals surface area contributed by atoms with Crippen molar-refractivity contribution in [2.75, 3.05) is 6.61 Å². The molecule has 0 spiro atoms. The van der Waals surface area contributed by atoms with Crippen molar-refractivity contribution in [3.05, 3.63) is 29.3 Å². The van der Waals surface area contributed by atoms with Gasteiger partial charge in [-0.05, 0) is 25.0 Å². The molecule has 0 aromatic heterocycles. The van der Waals surface area contributed by atoms with Crippen LogP contribution >= 0.6 is 0 Å². The van der Waals surface area contributed by atoms with E-state index in [1.165, 1.54) is 19.3 Å². The van der Waals surface area contributed by atoms with Crippen molar-refractivity contribution in [3.63, 3.8) is 0 Å². The third kappa shape index (κ3) is 4.56. The third-order valence-corrected chi connectivity index (χ3v) is 3.12. The van der Waals surface area contributed by atoms with Crippen molar-refractivity contribution in [1.29, 1.82) is 0 Å². The Bertz CT molecular complexity index is 405. The molecule has 0 fully saturated rings. The SMILES string of the molecule is CCCCCCOc1cccc(C(=O)NN)c1CC. The molecule has 106 valence electrons. The summed E-state index contributed by atoms with van der Waals surface area (Å²) in [6.07, 6.45) is 5.42. The zero-order valence-electron chi connectivity index (χ0n) is 11.9. The van der Waals surface area contributed by atoms with Crippen LogP contribution in [0.25, 0.3) is 0 Å². The molecular formula is C15H24N2O2. The van der Waals surface area contributed by atoms with Gasteiger partial charge >= 0.3 is 0 Å². The fourth-order valence-corrected chi connectivity index (χ4v) is 2.07. The average Bonchev–Trinajstić information content (AvgIpc) is 2.45. The van der Waals surface area contributed by atoms with E-state index in [2.05, 4.69) is 12.3 Å². The number of hydrogen-bond donors (Lipinski definition) is 2. The van der Waals surface area contributed by atoms with E-state index in [0.29, 0.717) is 12.2 Å². The number of benzene rings is 1. The standard InChI is InChI=1S/C15H24N2O2/c1-3-5-6-7-11-19-14-10-8-9-13(12(14)4-2)15(18)17-16/h8-10H,3-7,11,16H2,1-2H3,(H,17,18). The van der Waals surface area contributed by atoms with Crippen LogP contribution in [0.15, 0.2) is 18.2 Å². The van der Waals surface area contributed by atoms with E-state index in [0.717, 1.165) is 24.2 Å². The summed E-state index contributed by atoms with van der Waals surface area (Å²) in [4.78, 5) is 11.7.